The van der Waals surface area contributed by atoms with Gasteiger partial charge < -0.3 is 15.4 Å². The third-order valence-corrected chi connectivity index (χ3v) is 4.29. The Labute approximate surface area is 139 Å². The molecule has 2 amide bonds. The molecule has 120 valence electrons. The average molecular weight is 345 g/mol. The Morgan fingerprint density at radius 1 is 1.27 bits per heavy atom. The number of benzene rings is 1. The van der Waals surface area contributed by atoms with Crippen molar-refractivity contribution < 1.29 is 14.3 Å². The second-order valence-corrected chi connectivity index (χ2v) is 6.01. The van der Waals surface area contributed by atoms with Crippen molar-refractivity contribution in [3.05, 3.63) is 33.8 Å². The van der Waals surface area contributed by atoms with Gasteiger partial charge in [0.15, 0.2) is 0 Å². The number of nitrogens with two attached hydrogens (primary N) is 1. The van der Waals surface area contributed by atoms with Gasteiger partial charge in [-0.05, 0) is 24.1 Å². The molecule has 7 heteroatoms. The van der Waals surface area contributed by atoms with E-state index in [1.165, 1.54) is 0 Å². The molecule has 2 N–H and O–H groups in total. The number of hydrogen-bond acceptors (Lipinski definition) is 3. The maximum atomic E-state index is 12.1. The first-order valence-corrected chi connectivity index (χ1v) is 7.85. The molecule has 0 saturated carbocycles. The summed E-state index contributed by atoms with van der Waals surface area (Å²) in [5.41, 5.74) is 5.97. The Kier molecular flexibility index (Phi) is 6.06. The minimum atomic E-state index is -0.386. The molecule has 1 aromatic carbocycles. The zero-order valence-electron chi connectivity index (χ0n) is 12.1. The highest BCUT2D eigenvalue weighted by Crippen LogP contribution is 2.29. The maximum absolute atomic E-state index is 12.1. The van der Waals surface area contributed by atoms with E-state index in [1.807, 2.05) is 6.07 Å². The summed E-state index contributed by atoms with van der Waals surface area (Å²) in [6.07, 6.45) is 0.801. The highest BCUT2D eigenvalue weighted by molar-refractivity contribution is 6.42. The molecule has 0 spiro atoms. The van der Waals surface area contributed by atoms with E-state index in [0.29, 0.717) is 42.6 Å². The summed E-state index contributed by atoms with van der Waals surface area (Å²) in [6.45, 7) is 1.48. The van der Waals surface area contributed by atoms with Gasteiger partial charge in [-0.3, -0.25) is 9.59 Å². The van der Waals surface area contributed by atoms with E-state index < -0.39 is 0 Å². The van der Waals surface area contributed by atoms with E-state index in [9.17, 15) is 9.59 Å². The number of halogens is 2. The molecule has 0 aliphatic carbocycles. The van der Waals surface area contributed by atoms with Crippen LogP contribution in [0.1, 0.15) is 30.9 Å². The first-order chi connectivity index (χ1) is 10.5. The summed E-state index contributed by atoms with van der Waals surface area (Å²) in [4.78, 5) is 24.6. The average Bonchev–Trinajstić information content (AvgIpc) is 2.49. The van der Waals surface area contributed by atoms with Crippen molar-refractivity contribution in [1.82, 2.24) is 4.90 Å². The molecule has 1 aliphatic heterocycles. The molecular formula is C15H18Cl2N2O3. The van der Waals surface area contributed by atoms with E-state index >= 15 is 0 Å². The highest BCUT2D eigenvalue weighted by atomic mass is 35.5. The van der Waals surface area contributed by atoms with E-state index in [4.69, 9.17) is 33.7 Å². The van der Waals surface area contributed by atoms with Gasteiger partial charge in [0.05, 0.1) is 23.2 Å². The van der Waals surface area contributed by atoms with Gasteiger partial charge in [0, 0.05) is 19.4 Å². The standard InChI is InChI=1S/C15H18Cl2N2O3/c16-11-5-4-10(8-12(11)17)13-9-19(6-7-22-13)15(21)3-1-2-14(18)20/h4-5,8,13H,1-3,6-7,9H2,(H2,18,20)/t13-/m1/s1. The van der Waals surface area contributed by atoms with Gasteiger partial charge in [-0.1, -0.05) is 29.3 Å². The van der Waals surface area contributed by atoms with Crippen LogP contribution < -0.4 is 5.73 Å². The largest absolute Gasteiger partial charge is 0.370 e. The number of primary amides is 1. The summed E-state index contributed by atoms with van der Waals surface area (Å²) >= 11 is 11.9. The fraction of sp³-hybridized carbons (Fsp3) is 0.467. The predicted octanol–water partition coefficient (Wildman–Crippen LogP) is 2.55. The van der Waals surface area contributed by atoms with Gasteiger partial charge in [0.25, 0.3) is 0 Å². The van der Waals surface area contributed by atoms with Crippen LogP contribution in [-0.4, -0.2) is 36.4 Å². The normalized spacial score (nSPS) is 18.3. The van der Waals surface area contributed by atoms with Crippen molar-refractivity contribution in [2.75, 3.05) is 19.7 Å². The third-order valence-electron chi connectivity index (χ3n) is 3.55. The van der Waals surface area contributed by atoms with Crippen molar-refractivity contribution in [2.24, 2.45) is 5.73 Å². The molecule has 0 aromatic heterocycles. The highest BCUT2D eigenvalue weighted by Gasteiger charge is 2.25. The van der Waals surface area contributed by atoms with Crippen molar-refractivity contribution >= 4 is 35.0 Å². The number of carbonyl (C=O) groups is 2. The molecule has 1 heterocycles. The second kappa shape index (κ2) is 7.81. The fourth-order valence-corrected chi connectivity index (χ4v) is 2.67. The van der Waals surface area contributed by atoms with Gasteiger partial charge in [0.2, 0.25) is 11.8 Å². The number of morpholine rings is 1. The number of carbonyl (C=O) groups excluding carboxylic acids is 2. The molecule has 22 heavy (non-hydrogen) atoms. The lowest BCUT2D eigenvalue weighted by molar-refractivity contribution is -0.139. The van der Waals surface area contributed by atoms with Crippen LogP contribution in [0.25, 0.3) is 0 Å². The molecule has 1 aliphatic rings. The van der Waals surface area contributed by atoms with Crippen molar-refractivity contribution in [3.8, 4) is 0 Å². The third kappa shape index (κ3) is 4.60. The first kappa shape index (κ1) is 17.1. The van der Waals surface area contributed by atoms with Gasteiger partial charge in [-0.15, -0.1) is 0 Å². The Hall–Kier alpha value is -1.30. The SMILES string of the molecule is NC(=O)CCCC(=O)N1CCO[C@@H](c2ccc(Cl)c(Cl)c2)C1. The minimum Gasteiger partial charge on any atom is -0.370 e. The van der Waals surface area contributed by atoms with Crippen LogP contribution in [-0.2, 0) is 14.3 Å². The van der Waals surface area contributed by atoms with Gasteiger partial charge in [0.1, 0.15) is 6.10 Å². The molecule has 0 unspecified atom stereocenters. The lowest BCUT2D eigenvalue weighted by Gasteiger charge is -2.33. The quantitative estimate of drug-likeness (QED) is 0.891. The molecule has 0 radical (unpaired) electrons. The van der Waals surface area contributed by atoms with Crippen LogP contribution in [0.15, 0.2) is 18.2 Å². The number of ether oxygens (including phenoxy) is 1. The maximum Gasteiger partial charge on any atom is 0.222 e. The Balaban J connectivity index is 1.94. The zero-order valence-corrected chi connectivity index (χ0v) is 13.6. The number of hydrogen-bond donors (Lipinski definition) is 1. The van der Waals surface area contributed by atoms with Crippen molar-refractivity contribution in [1.29, 1.82) is 0 Å². The molecular weight excluding hydrogens is 327 g/mol. The van der Waals surface area contributed by atoms with Gasteiger partial charge >= 0.3 is 0 Å². The Morgan fingerprint density at radius 3 is 2.73 bits per heavy atom. The van der Waals surface area contributed by atoms with Crippen molar-refractivity contribution in [2.45, 2.75) is 25.4 Å². The summed E-state index contributed by atoms with van der Waals surface area (Å²) in [5.74, 6) is -0.377. The molecule has 1 aromatic rings. The van der Waals surface area contributed by atoms with Crippen LogP contribution >= 0.6 is 23.2 Å². The molecule has 1 saturated heterocycles. The lowest BCUT2D eigenvalue weighted by atomic mass is 10.1. The van der Waals surface area contributed by atoms with Crippen LogP contribution in [0.4, 0.5) is 0 Å². The van der Waals surface area contributed by atoms with Gasteiger partial charge in [-0.2, -0.15) is 0 Å². The van der Waals surface area contributed by atoms with E-state index in [2.05, 4.69) is 0 Å². The summed E-state index contributed by atoms with van der Waals surface area (Å²) in [5, 5.41) is 0.952. The lowest BCUT2D eigenvalue weighted by Crippen LogP contribution is -2.42. The predicted molar refractivity (Wildman–Crippen MR) is 84.8 cm³/mol. The van der Waals surface area contributed by atoms with Crippen LogP contribution in [0, 0.1) is 0 Å². The van der Waals surface area contributed by atoms with E-state index in [1.54, 1.807) is 17.0 Å². The summed E-state index contributed by atoms with van der Waals surface area (Å²) in [6, 6.07) is 5.33. The minimum absolute atomic E-state index is 0.00890. The Morgan fingerprint density at radius 2 is 2.05 bits per heavy atom. The van der Waals surface area contributed by atoms with E-state index in [-0.39, 0.29) is 24.3 Å². The number of nitrogens with zero attached hydrogens (tertiary/aromatic N) is 1. The monoisotopic (exact) mass is 344 g/mol. The number of rotatable bonds is 5. The topological polar surface area (TPSA) is 72.6 Å². The van der Waals surface area contributed by atoms with Crippen LogP contribution in [0.2, 0.25) is 10.0 Å². The van der Waals surface area contributed by atoms with Crippen LogP contribution in [0.3, 0.4) is 0 Å². The van der Waals surface area contributed by atoms with Crippen molar-refractivity contribution in [3.63, 3.8) is 0 Å². The van der Waals surface area contributed by atoms with Crippen LogP contribution in [0.5, 0.6) is 0 Å². The number of amides is 2. The Bertz CT molecular complexity index is 566. The smallest absolute Gasteiger partial charge is 0.222 e. The zero-order chi connectivity index (χ0) is 16.1. The van der Waals surface area contributed by atoms with Gasteiger partial charge in [-0.25, -0.2) is 0 Å². The summed E-state index contributed by atoms with van der Waals surface area (Å²) in [7, 11) is 0. The molecule has 2 rings (SSSR count). The summed E-state index contributed by atoms with van der Waals surface area (Å²) < 4.78 is 5.71. The van der Waals surface area contributed by atoms with E-state index in [0.717, 1.165) is 5.56 Å². The first-order valence-electron chi connectivity index (χ1n) is 7.10. The molecule has 1 atom stereocenters. The second-order valence-electron chi connectivity index (χ2n) is 5.19. The fourth-order valence-electron chi connectivity index (χ4n) is 2.36. The molecule has 1 fully saturated rings. The molecule has 0 bridgehead atoms. The molecule has 5 nitrogen and oxygen atoms in total.